The lowest BCUT2D eigenvalue weighted by Gasteiger charge is -2.21. The van der Waals surface area contributed by atoms with Crippen molar-refractivity contribution >= 4 is 29.9 Å². The Morgan fingerprint density at radius 1 is 1.33 bits per heavy atom. The second kappa shape index (κ2) is 11.3. The van der Waals surface area contributed by atoms with Crippen LogP contribution in [0, 0.1) is 12.8 Å². The third-order valence-corrected chi connectivity index (χ3v) is 4.65. The van der Waals surface area contributed by atoms with Crippen LogP contribution < -0.4 is 5.32 Å². The van der Waals surface area contributed by atoms with Gasteiger partial charge < -0.3 is 15.0 Å². The molecule has 6 nitrogen and oxygen atoms in total. The van der Waals surface area contributed by atoms with E-state index in [1.165, 1.54) is 11.1 Å². The highest BCUT2D eigenvalue weighted by atomic mass is 127. The number of guanidine groups is 1. The van der Waals surface area contributed by atoms with Gasteiger partial charge in [-0.05, 0) is 24.5 Å². The van der Waals surface area contributed by atoms with Crippen molar-refractivity contribution in [2.45, 2.75) is 26.5 Å². The van der Waals surface area contributed by atoms with Crippen LogP contribution >= 0.6 is 24.0 Å². The summed E-state index contributed by atoms with van der Waals surface area (Å²) < 4.78 is 7.87. The van der Waals surface area contributed by atoms with Crippen molar-refractivity contribution in [3.8, 4) is 0 Å². The lowest BCUT2D eigenvalue weighted by atomic mass is 10.1. The van der Waals surface area contributed by atoms with Crippen molar-refractivity contribution in [1.29, 1.82) is 0 Å². The van der Waals surface area contributed by atoms with Crippen LogP contribution in [0.1, 0.15) is 17.5 Å². The minimum atomic E-state index is 0. The molecule has 0 amide bonds. The van der Waals surface area contributed by atoms with Crippen molar-refractivity contribution in [3.05, 3.63) is 53.9 Å². The summed E-state index contributed by atoms with van der Waals surface area (Å²) in [6, 6.07) is 10.3. The van der Waals surface area contributed by atoms with E-state index >= 15 is 0 Å². The number of ether oxygens (including phenoxy) is 1. The molecule has 1 atom stereocenters. The fourth-order valence-electron chi connectivity index (χ4n) is 3.28. The molecular weight excluding hydrogens is 453 g/mol. The Labute approximate surface area is 179 Å². The number of halogens is 1. The summed E-state index contributed by atoms with van der Waals surface area (Å²) in [6.45, 7) is 7.22. The van der Waals surface area contributed by atoms with Crippen molar-refractivity contribution in [2.75, 3.05) is 33.3 Å². The van der Waals surface area contributed by atoms with E-state index in [0.29, 0.717) is 12.5 Å². The lowest BCUT2D eigenvalue weighted by molar-refractivity contribution is 0.0907. The van der Waals surface area contributed by atoms with E-state index in [9.17, 15) is 0 Å². The number of aliphatic imine (C=N–C) groups is 1. The Kier molecular flexibility index (Phi) is 9.06. The van der Waals surface area contributed by atoms with Gasteiger partial charge in [-0.2, -0.15) is 5.10 Å². The lowest BCUT2D eigenvalue weighted by Crippen LogP contribution is -2.41. The van der Waals surface area contributed by atoms with Crippen LogP contribution in [0.15, 0.2) is 47.7 Å². The maximum absolute atomic E-state index is 5.91. The van der Waals surface area contributed by atoms with Crippen LogP contribution in [0.25, 0.3) is 0 Å². The summed E-state index contributed by atoms with van der Waals surface area (Å²) in [6.07, 6.45) is 5.09. The first kappa shape index (κ1) is 21.7. The highest BCUT2D eigenvalue weighted by molar-refractivity contribution is 14.0. The van der Waals surface area contributed by atoms with Gasteiger partial charge in [-0.1, -0.05) is 30.3 Å². The molecule has 0 spiro atoms. The molecule has 1 N–H and O–H groups in total. The average Bonchev–Trinajstić information content (AvgIpc) is 3.29. The van der Waals surface area contributed by atoms with Gasteiger partial charge in [0.25, 0.3) is 0 Å². The summed E-state index contributed by atoms with van der Waals surface area (Å²) in [4.78, 5) is 6.75. The zero-order valence-electron chi connectivity index (χ0n) is 16.2. The van der Waals surface area contributed by atoms with E-state index in [1.54, 1.807) is 0 Å². The number of benzene rings is 1. The summed E-state index contributed by atoms with van der Waals surface area (Å²) >= 11 is 0. The van der Waals surface area contributed by atoms with Gasteiger partial charge in [0, 0.05) is 38.8 Å². The molecule has 1 aromatic carbocycles. The van der Waals surface area contributed by atoms with Crippen LogP contribution in [0.4, 0.5) is 0 Å². The highest BCUT2D eigenvalue weighted by Crippen LogP contribution is 2.17. The number of aromatic nitrogens is 2. The third-order valence-electron chi connectivity index (χ3n) is 4.65. The first-order valence-corrected chi connectivity index (χ1v) is 9.31. The Bertz CT molecular complexity index is 703. The zero-order chi connectivity index (χ0) is 18.2. The van der Waals surface area contributed by atoms with Crippen LogP contribution in [-0.4, -0.2) is 53.9 Å². The largest absolute Gasteiger partial charge is 0.376 e. The minimum absolute atomic E-state index is 0. The van der Waals surface area contributed by atoms with E-state index in [0.717, 1.165) is 45.2 Å². The maximum atomic E-state index is 5.91. The predicted molar refractivity (Wildman–Crippen MR) is 120 cm³/mol. The molecule has 0 saturated carbocycles. The molecular formula is C20H30IN5O. The molecule has 1 unspecified atom stereocenters. The summed E-state index contributed by atoms with van der Waals surface area (Å²) in [7, 11) is 1.85. The molecule has 0 aliphatic carbocycles. The number of aryl methyl sites for hydroxylation is 1. The second-order valence-electron chi connectivity index (χ2n) is 6.86. The van der Waals surface area contributed by atoms with Gasteiger partial charge >= 0.3 is 0 Å². The number of hydrogen-bond donors (Lipinski definition) is 1. The molecule has 0 bridgehead atoms. The Hall–Kier alpha value is -1.61. The smallest absolute Gasteiger partial charge is 0.193 e. The molecule has 0 radical (unpaired) electrons. The maximum Gasteiger partial charge on any atom is 0.193 e. The molecule has 1 saturated heterocycles. The molecule has 1 aromatic heterocycles. The summed E-state index contributed by atoms with van der Waals surface area (Å²) in [5, 5.41) is 7.76. The van der Waals surface area contributed by atoms with Gasteiger partial charge in [0.05, 0.1) is 26.0 Å². The topological polar surface area (TPSA) is 54.7 Å². The minimum Gasteiger partial charge on any atom is -0.376 e. The zero-order valence-corrected chi connectivity index (χ0v) is 18.5. The van der Waals surface area contributed by atoms with Crippen molar-refractivity contribution in [3.63, 3.8) is 0 Å². The van der Waals surface area contributed by atoms with E-state index in [2.05, 4.69) is 57.7 Å². The van der Waals surface area contributed by atoms with Crippen LogP contribution in [0.5, 0.6) is 0 Å². The number of rotatable bonds is 7. The van der Waals surface area contributed by atoms with Gasteiger partial charge in [-0.3, -0.25) is 9.67 Å². The number of nitrogens with one attached hydrogen (secondary N) is 1. The van der Waals surface area contributed by atoms with Crippen molar-refractivity contribution in [1.82, 2.24) is 20.0 Å². The molecule has 27 heavy (non-hydrogen) atoms. The Balaban J connectivity index is 0.00000261. The highest BCUT2D eigenvalue weighted by Gasteiger charge is 2.24. The van der Waals surface area contributed by atoms with E-state index in [4.69, 9.17) is 4.74 Å². The second-order valence-corrected chi connectivity index (χ2v) is 6.86. The molecule has 1 fully saturated rings. The summed E-state index contributed by atoms with van der Waals surface area (Å²) in [5.41, 5.74) is 2.42. The standard InChI is InChI=1S/C20H29N5O.HI/c1-17-12-23-25(13-17)11-9-22-20(21-2)24-10-8-19(14-24)16-26-15-18-6-4-3-5-7-18;/h3-7,12-13,19H,8-11,14-16H2,1-2H3,(H,21,22);1H. The quantitative estimate of drug-likeness (QED) is 0.374. The number of likely N-dealkylation sites (tertiary alicyclic amines) is 1. The van der Waals surface area contributed by atoms with Gasteiger partial charge in [0.1, 0.15) is 0 Å². The van der Waals surface area contributed by atoms with E-state index in [1.807, 2.05) is 24.0 Å². The number of hydrogen-bond acceptors (Lipinski definition) is 3. The average molecular weight is 483 g/mol. The SMILES string of the molecule is CN=C(NCCn1cc(C)cn1)N1CCC(COCc2ccccc2)C1.I. The van der Waals surface area contributed by atoms with Crippen molar-refractivity contribution < 1.29 is 4.74 Å². The van der Waals surface area contributed by atoms with Crippen LogP contribution in [0.3, 0.4) is 0 Å². The third kappa shape index (κ3) is 6.80. The van der Waals surface area contributed by atoms with E-state index < -0.39 is 0 Å². The molecule has 148 valence electrons. The van der Waals surface area contributed by atoms with Gasteiger partial charge in [-0.25, -0.2) is 0 Å². The van der Waals surface area contributed by atoms with Crippen LogP contribution in [0.2, 0.25) is 0 Å². The molecule has 3 rings (SSSR count). The molecule has 1 aliphatic heterocycles. The van der Waals surface area contributed by atoms with Crippen LogP contribution in [-0.2, 0) is 17.9 Å². The first-order chi connectivity index (χ1) is 12.7. The van der Waals surface area contributed by atoms with Crippen molar-refractivity contribution in [2.24, 2.45) is 10.9 Å². The van der Waals surface area contributed by atoms with E-state index in [-0.39, 0.29) is 24.0 Å². The molecule has 2 heterocycles. The Morgan fingerprint density at radius 2 is 2.15 bits per heavy atom. The Morgan fingerprint density at radius 3 is 2.85 bits per heavy atom. The fraction of sp³-hybridized carbons (Fsp3) is 0.500. The first-order valence-electron chi connectivity index (χ1n) is 9.31. The predicted octanol–water partition coefficient (Wildman–Crippen LogP) is 2.92. The summed E-state index contributed by atoms with van der Waals surface area (Å²) in [5.74, 6) is 1.53. The molecule has 2 aromatic rings. The van der Waals surface area contributed by atoms with Gasteiger partial charge in [0.15, 0.2) is 5.96 Å². The normalized spacial score (nSPS) is 17.0. The fourth-order valence-corrected chi connectivity index (χ4v) is 3.28. The van der Waals surface area contributed by atoms with Gasteiger partial charge in [0.2, 0.25) is 0 Å². The number of nitrogens with zero attached hydrogens (tertiary/aromatic N) is 4. The molecule has 1 aliphatic rings. The monoisotopic (exact) mass is 483 g/mol. The molecule has 7 heteroatoms. The van der Waals surface area contributed by atoms with Gasteiger partial charge in [-0.15, -0.1) is 24.0 Å².